The van der Waals surface area contributed by atoms with Crippen molar-refractivity contribution in [1.29, 1.82) is 0 Å². The van der Waals surface area contributed by atoms with Crippen LogP contribution in [-0.2, 0) is 9.53 Å². The predicted molar refractivity (Wildman–Crippen MR) is 85.7 cm³/mol. The smallest absolute Gasteiger partial charge is 0.282 e. The monoisotopic (exact) mass is 338 g/mol. The number of benzene rings is 1. The molecule has 2 atom stereocenters. The molecule has 2 aliphatic rings. The number of hydrogen-bond donors (Lipinski definition) is 0. The zero-order chi connectivity index (χ0) is 16.4. The summed E-state index contributed by atoms with van der Waals surface area (Å²) < 4.78 is 18.5. The number of thioether (sulfide) groups is 1. The first-order chi connectivity index (χ1) is 11.1. The molecule has 0 spiro atoms. The van der Waals surface area contributed by atoms with Crippen LogP contribution in [0, 0.1) is 5.82 Å². The van der Waals surface area contributed by atoms with E-state index in [0.717, 1.165) is 5.56 Å². The van der Waals surface area contributed by atoms with E-state index in [1.807, 2.05) is 6.92 Å². The highest BCUT2D eigenvalue weighted by atomic mass is 32.2. The molecule has 2 amide bonds. The van der Waals surface area contributed by atoms with Crippen LogP contribution < -0.4 is 0 Å². The van der Waals surface area contributed by atoms with E-state index in [1.165, 1.54) is 23.9 Å². The van der Waals surface area contributed by atoms with Gasteiger partial charge >= 0.3 is 0 Å². The highest BCUT2D eigenvalue weighted by Gasteiger charge is 2.53. The molecule has 23 heavy (non-hydrogen) atoms. The summed E-state index contributed by atoms with van der Waals surface area (Å²) in [5.74, 6) is 0.331. The van der Waals surface area contributed by atoms with Crippen LogP contribution >= 0.6 is 11.8 Å². The van der Waals surface area contributed by atoms with E-state index in [2.05, 4.69) is 0 Å². The number of amides is 2. The number of hydrogen-bond acceptors (Lipinski definition) is 4. The Bertz CT molecular complexity index is 595. The molecule has 0 N–H and O–H groups in total. The maximum atomic E-state index is 13.2. The number of halogens is 1. The molecule has 0 aromatic heterocycles. The highest BCUT2D eigenvalue weighted by molar-refractivity contribution is 8.13. The highest BCUT2D eigenvalue weighted by Crippen LogP contribution is 2.40. The lowest BCUT2D eigenvalue weighted by atomic mass is 9.87. The van der Waals surface area contributed by atoms with Crippen molar-refractivity contribution in [3.05, 3.63) is 35.6 Å². The Kier molecular flexibility index (Phi) is 4.87. The predicted octanol–water partition coefficient (Wildman–Crippen LogP) is 2.28. The maximum absolute atomic E-state index is 13.2. The fourth-order valence-corrected chi connectivity index (χ4v) is 3.90. The van der Waals surface area contributed by atoms with Gasteiger partial charge in [0.05, 0.1) is 12.6 Å². The van der Waals surface area contributed by atoms with Crippen molar-refractivity contribution in [2.24, 2.45) is 0 Å². The molecule has 5 nitrogen and oxygen atoms in total. The van der Waals surface area contributed by atoms with E-state index in [-0.39, 0.29) is 23.0 Å². The molecule has 0 unspecified atom stereocenters. The number of β-lactam (4-membered cyclic amide) rings is 1. The Hall–Kier alpha value is -1.60. The number of rotatable bonds is 6. The second-order valence-corrected chi connectivity index (χ2v) is 6.52. The number of carbonyl (C=O) groups is 2. The van der Waals surface area contributed by atoms with E-state index in [4.69, 9.17) is 4.74 Å². The van der Waals surface area contributed by atoms with Crippen LogP contribution in [-0.4, -0.2) is 59.0 Å². The third kappa shape index (κ3) is 3.07. The first-order valence-electron chi connectivity index (χ1n) is 7.70. The fourth-order valence-electron chi connectivity index (χ4n) is 3.07. The number of ether oxygens (including phenoxy) is 1. The van der Waals surface area contributed by atoms with Gasteiger partial charge in [0.25, 0.3) is 5.24 Å². The van der Waals surface area contributed by atoms with Gasteiger partial charge in [-0.25, -0.2) is 4.39 Å². The molecule has 124 valence electrons. The second-order valence-electron chi connectivity index (χ2n) is 5.48. The lowest BCUT2D eigenvalue weighted by Crippen LogP contribution is -2.66. The molecule has 1 aromatic carbocycles. The van der Waals surface area contributed by atoms with Crippen molar-refractivity contribution in [2.45, 2.75) is 19.0 Å². The van der Waals surface area contributed by atoms with Gasteiger partial charge in [-0.2, -0.15) is 0 Å². The molecule has 0 aliphatic carbocycles. The van der Waals surface area contributed by atoms with Crippen LogP contribution in [0.1, 0.15) is 18.5 Å². The Morgan fingerprint density at radius 2 is 2.00 bits per heavy atom. The van der Waals surface area contributed by atoms with E-state index >= 15 is 0 Å². The topological polar surface area (TPSA) is 49.9 Å². The molecule has 7 heteroatoms. The van der Waals surface area contributed by atoms with Gasteiger partial charge in [0, 0.05) is 25.4 Å². The minimum absolute atomic E-state index is 0.0556. The van der Waals surface area contributed by atoms with Crippen molar-refractivity contribution < 1.29 is 18.7 Å². The Balaban J connectivity index is 1.82. The number of likely N-dealkylation sites (tertiary alicyclic amines) is 1. The lowest BCUT2D eigenvalue weighted by Gasteiger charge is -2.50. The first kappa shape index (κ1) is 16.3. The minimum Gasteiger partial charge on any atom is -0.380 e. The van der Waals surface area contributed by atoms with Crippen LogP contribution in [0.5, 0.6) is 0 Å². The maximum Gasteiger partial charge on any atom is 0.282 e. The van der Waals surface area contributed by atoms with Gasteiger partial charge < -0.3 is 14.5 Å². The van der Waals surface area contributed by atoms with Crippen LogP contribution in [0.2, 0.25) is 0 Å². The molecule has 0 radical (unpaired) electrons. The summed E-state index contributed by atoms with van der Waals surface area (Å²) in [5, 5.41) is -0.0556. The van der Waals surface area contributed by atoms with Crippen molar-refractivity contribution >= 4 is 22.9 Å². The van der Waals surface area contributed by atoms with E-state index in [9.17, 15) is 14.0 Å². The van der Waals surface area contributed by atoms with Gasteiger partial charge in [0.2, 0.25) is 5.91 Å². The summed E-state index contributed by atoms with van der Waals surface area (Å²) >= 11 is 1.24. The van der Waals surface area contributed by atoms with E-state index in [1.54, 1.807) is 21.9 Å². The molecule has 0 bridgehead atoms. The van der Waals surface area contributed by atoms with Gasteiger partial charge in [-0.1, -0.05) is 23.9 Å². The minimum atomic E-state index is -0.482. The molecular weight excluding hydrogens is 319 g/mol. The largest absolute Gasteiger partial charge is 0.380 e. The standard InChI is InChI=1S/C16H19FN2O3S/c1-2-22-9-7-18-13(11-3-5-12(17)6-4-11)14(15(18)20)19-8-10-23-16(19)21/h3-6,13-14H,2,7-10H2,1H3/t13-,14-/m1/s1. The molecule has 2 saturated heterocycles. The average molecular weight is 338 g/mol. The zero-order valence-electron chi connectivity index (χ0n) is 12.9. The molecule has 1 aromatic rings. The fraction of sp³-hybridized carbons (Fsp3) is 0.500. The van der Waals surface area contributed by atoms with Gasteiger partial charge in [0.1, 0.15) is 11.9 Å². The molecule has 2 heterocycles. The molecule has 2 aliphatic heterocycles. The van der Waals surface area contributed by atoms with Crippen molar-refractivity contribution in [1.82, 2.24) is 9.80 Å². The molecular formula is C16H19FN2O3S. The summed E-state index contributed by atoms with van der Waals surface area (Å²) in [6.07, 6.45) is 0. The Morgan fingerprint density at radius 1 is 1.26 bits per heavy atom. The van der Waals surface area contributed by atoms with Crippen LogP contribution in [0.4, 0.5) is 9.18 Å². The van der Waals surface area contributed by atoms with Gasteiger partial charge in [-0.05, 0) is 24.6 Å². The second kappa shape index (κ2) is 6.88. The lowest BCUT2D eigenvalue weighted by molar-refractivity contribution is -0.158. The van der Waals surface area contributed by atoms with Crippen LogP contribution in [0.15, 0.2) is 24.3 Å². The molecule has 3 rings (SSSR count). The average Bonchev–Trinajstić information content (AvgIpc) is 2.95. The third-order valence-electron chi connectivity index (χ3n) is 4.19. The van der Waals surface area contributed by atoms with E-state index in [0.29, 0.717) is 32.1 Å². The van der Waals surface area contributed by atoms with Crippen molar-refractivity contribution in [3.8, 4) is 0 Å². The Labute approximate surface area is 138 Å². The van der Waals surface area contributed by atoms with E-state index < -0.39 is 6.04 Å². The summed E-state index contributed by atoms with van der Waals surface area (Å²) in [5.41, 5.74) is 0.845. The third-order valence-corrected chi connectivity index (χ3v) is 5.06. The zero-order valence-corrected chi connectivity index (χ0v) is 13.7. The normalized spacial score (nSPS) is 24.3. The van der Waals surface area contributed by atoms with Crippen LogP contribution in [0.25, 0.3) is 0 Å². The number of nitrogens with zero attached hydrogens (tertiary/aromatic N) is 2. The summed E-state index contributed by atoms with van der Waals surface area (Å²) in [7, 11) is 0. The summed E-state index contributed by atoms with van der Waals surface area (Å²) in [6, 6.07) is 5.42. The van der Waals surface area contributed by atoms with Crippen LogP contribution in [0.3, 0.4) is 0 Å². The number of carbonyl (C=O) groups excluding carboxylic acids is 2. The molecule has 2 fully saturated rings. The van der Waals surface area contributed by atoms with Gasteiger partial charge in [-0.15, -0.1) is 0 Å². The van der Waals surface area contributed by atoms with Crippen molar-refractivity contribution in [3.63, 3.8) is 0 Å². The summed E-state index contributed by atoms with van der Waals surface area (Å²) in [6.45, 7) is 4.00. The molecule has 0 saturated carbocycles. The van der Waals surface area contributed by atoms with Crippen molar-refractivity contribution in [2.75, 3.05) is 32.1 Å². The Morgan fingerprint density at radius 3 is 2.61 bits per heavy atom. The SMILES string of the molecule is CCOCCN1C(=O)[C@H](N2CCSC2=O)[C@H]1c1ccc(F)cc1. The quantitative estimate of drug-likeness (QED) is 0.590. The van der Waals surface area contributed by atoms with Gasteiger partial charge in [0.15, 0.2) is 0 Å². The summed E-state index contributed by atoms with van der Waals surface area (Å²) in [4.78, 5) is 27.9. The van der Waals surface area contributed by atoms with Gasteiger partial charge in [-0.3, -0.25) is 9.59 Å². The first-order valence-corrected chi connectivity index (χ1v) is 8.69.